The van der Waals surface area contributed by atoms with Crippen LogP contribution in [0.5, 0.6) is 5.75 Å². The van der Waals surface area contributed by atoms with Crippen molar-refractivity contribution in [2.45, 2.75) is 18.9 Å². The van der Waals surface area contributed by atoms with E-state index in [1.54, 1.807) is 12.0 Å². The van der Waals surface area contributed by atoms with Crippen molar-refractivity contribution in [3.8, 4) is 5.75 Å². The molecule has 2 aliphatic heterocycles. The molecule has 0 bridgehead atoms. The highest BCUT2D eigenvalue weighted by molar-refractivity contribution is 9.10. The Morgan fingerprint density at radius 3 is 2.69 bits per heavy atom. The number of para-hydroxylation sites is 1. The fourth-order valence-corrected chi connectivity index (χ4v) is 4.72. The highest BCUT2D eigenvalue weighted by atomic mass is 79.9. The standard InChI is InChI=1S/C23H22BrN3O5/c1-31-18-8-7-13(11-16(18)24)21-15-12-27(19(28)9-10-20(29)32-2)17-6-4-3-5-14(17)22(15)26-23(30)25-21/h3-8,11,15,21H,9-10,12H2,1-2H3,(H,25,30). The Morgan fingerprint density at radius 1 is 1.19 bits per heavy atom. The van der Waals surface area contributed by atoms with Crippen molar-refractivity contribution < 1.29 is 23.9 Å². The van der Waals surface area contributed by atoms with Gasteiger partial charge in [-0.15, -0.1) is 0 Å². The second-order valence-corrected chi connectivity index (χ2v) is 8.38. The van der Waals surface area contributed by atoms with Crippen molar-refractivity contribution in [2.75, 3.05) is 25.7 Å². The number of fused-ring (bicyclic) bond motifs is 3. The van der Waals surface area contributed by atoms with Crippen LogP contribution < -0.4 is 15.0 Å². The molecule has 2 atom stereocenters. The number of hydrogen-bond acceptors (Lipinski definition) is 5. The summed E-state index contributed by atoms with van der Waals surface area (Å²) in [6.45, 7) is 0.324. The molecule has 0 spiro atoms. The zero-order valence-electron chi connectivity index (χ0n) is 17.6. The van der Waals surface area contributed by atoms with Gasteiger partial charge in [0.25, 0.3) is 0 Å². The average molecular weight is 500 g/mol. The molecule has 0 fully saturated rings. The summed E-state index contributed by atoms with van der Waals surface area (Å²) >= 11 is 3.50. The average Bonchev–Trinajstić information content (AvgIpc) is 2.81. The number of amides is 3. The number of aliphatic imine (C=N–C) groups is 1. The molecule has 8 nitrogen and oxygen atoms in total. The molecule has 0 saturated heterocycles. The normalized spacial score (nSPS) is 19.3. The minimum Gasteiger partial charge on any atom is -0.496 e. The number of rotatable bonds is 5. The molecule has 2 aromatic rings. The number of methoxy groups -OCH3 is 2. The van der Waals surface area contributed by atoms with Crippen LogP contribution in [0.25, 0.3) is 0 Å². The Hall–Kier alpha value is -3.20. The van der Waals surface area contributed by atoms with E-state index < -0.39 is 12.0 Å². The van der Waals surface area contributed by atoms with Crippen molar-refractivity contribution in [1.29, 1.82) is 0 Å². The molecule has 2 heterocycles. The number of nitrogens with zero attached hydrogens (tertiary/aromatic N) is 2. The topological polar surface area (TPSA) is 97.3 Å². The molecule has 0 radical (unpaired) electrons. The van der Waals surface area contributed by atoms with Crippen LogP contribution in [0.15, 0.2) is 51.9 Å². The molecular weight excluding hydrogens is 478 g/mol. The molecule has 2 aliphatic rings. The number of anilines is 1. The maximum Gasteiger partial charge on any atom is 0.341 e. The van der Waals surface area contributed by atoms with Crippen LogP contribution in [-0.2, 0) is 14.3 Å². The van der Waals surface area contributed by atoms with Gasteiger partial charge in [0, 0.05) is 24.4 Å². The molecule has 0 aliphatic carbocycles. The van der Waals surface area contributed by atoms with Crippen molar-refractivity contribution in [3.63, 3.8) is 0 Å². The van der Waals surface area contributed by atoms with Crippen LogP contribution in [0.1, 0.15) is 30.0 Å². The van der Waals surface area contributed by atoms with Crippen LogP contribution >= 0.6 is 15.9 Å². The van der Waals surface area contributed by atoms with Crippen molar-refractivity contribution in [3.05, 3.63) is 58.1 Å². The molecule has 9 heteroatoms. The largest absolute Gasteiger partial charge is 0.496 e. The summed E-state index contributed by atoms with van der Waals surface area (Å²) in [6.07, 6.45) is 0.0382. The first kappa shape index (κ1) is 22.0. The van der Waals surface area contributed by atoms with E-state index in [9.17, 15) is 14.4 Å². The lowest BCUT2D eigenvalue weighted by Gasteiger charge is -2.41. The van der Waals surface area contributed by atoms with Crippen LogP contribution in [0.4, 0.5) is 10.5 Å². The van der Waals surface area contributed by atoms with E-state index in [2.05, 4.69) is 31.0 Å². The first-order valence-corrected chi connectivity index (χ1v) is 10.9. The molecule has 32 heavy (non-hydrogen) atoms. The van der Waals surface area contributed by atoms with Gasteiger partial charge in [-0.2, -0.15) is 4.99 Å². The maximum absolute atomic E-state index is 13.1. The quantitative estimate of drug-likeness (QED) is 0.633. The number of benzene rings is 2. The molecule has 1 N–H and O–H groups in total. The number of esters is 1. The molecule has 0 saturated carbocycles. The third-order valence-electron chi connectivity index (χ3n) is 5.71. The van der Waals surface area contributed by atoms with Crippen molar-refractivity contribution in [2.24, 2.45) is 10.9 Å². The Bertz CT molecular complexity index is 1120. The summed E-state index contributed by atoms with van der Waals surface area (Å²) in [5.74, 6) is -0.200. The molecule has 2 aromatic carbocycles. The number of halogens is 1. The summed E-state index contributed by atoms with van der Waals surface area (Å²) in [5, 5.41) is 2.95. The second kappa shape index (κ2) is 9.12. The Morgan fingerprint density at radius 2 is 1.97 bits per heavy atom. The van der Waals surface area contributed by atoms with Gasteiger partial charge in [-0.1, -0.05) is 24.3 Å². The zero-order valence-corrected chi connectivity index (χ0v) is 19.2. The first-order chi connectivity index (χ1) is 15.4. The van der Waals surface area contributed by atoms with E-state index in [1.165, 1.54) is 7.11 Å². The van der Waals surface area contributed by atoms with Gasteiger partial charge in [0.15, 0.2) is 0 Å². The van der Waals surface area contributed by atoms with Gasteiger partial charge in [0.1, 0.15) is 5.75 Å². The summed E-state index contributed by atoms with van der Waals surface area (Å²) in [4.78, 5) is 43.1. The molecular formula is C23H22BrN3O5. The maximum atomic E-state index is 13.1. The van der Waals surface area contributed by atoms with Gasteiger partial charge in [-0.25, -0.2) is 4.79 Å². The molecule has 0 aromatic heterocycles. The second-order valence-electron chi connectivity index (χ2n) is 7.52. The molecule has 2 unspecified atom stereocenters. The van der Waals surface area contributed by atoms with Crippen LogP contribution in [0, 0.1) is 5.92 Å². The number of carbonyl (C=O) groups is 3. The fraction of sp³-hybridized carbons (Fsp3) is 0.304. The van der Waals surface area contributed by atoms with Gasteiger partial charge in [-0.3, -0.25) is 9.59 Å². The van der Waals surface area contributed by atoms with Crippen molar-refractivity contribution in [1.82, 2.24) is 5.32 Å². The van der Waals surface area contributed by atoms with Gasteiger partial charge in [0.05, 0.1) is 42.6 Å². The lowest BCUT2D eigenvalue weighted by Crippen LogP contribution is -2.51. The van der Waals surface area contributed by atoms with Crippen LogP contribution in [0.2, 0.25) is 0 Å². The third-order valence-corrected chi connectivity index (χ3v) is 6.33. The van der Waals surface area contributed by atoms with E-state index >= 15 is 0 Å². The van der Waals surface area contributed by atoms with Crippen molar-refractivity contribution >= 4 is 45.2 Å². The lowest BCUT2D eigenvalue weighted by atomic mass is 9.81. The van der Waals surface area contributed by atoms with E-state index in [0.29, 0.717) is 23.7 Å². The highest BCUT2D eigenvalue weighted by Crippen LogP contribution is 2.39. The number of urea groups is 1. The lowest BCUT2D eigenvalue weighted by molar-refractivity contribution is -0.141. The minimum atomic E-state index is -0.434. The minimum absolute atomic E-state index is 0.00516. The van der Waals surface area contributed by atoms with E-state index in [1.807, 2.05) is 42.5 Å². The first-order valence-electron chi connectivity index (χ1n) is 10.1. The van der Waals surface area contributed by atoms with Crippen LogP contribution in [0.3, 0.4) is 0 Å². The van der Waals surface area contributed by atoms with Gasteiger partial charge in [0.2, 0.25) is 5.91 Å². The van der Waals surface area contributed by atoms with Gasteiger partial charge < -0.3 is 19.7 Å². The summed E-state index contributed by atoms with van der Waals surface area (Å²) in [5.41, 5.74) is 2.94. The summed E-state index contributed by atoms with van der Waals surface area (Å²) in [7, 11) is 2.89. The Labute approximate surface area is 193 Å². The van der Waals surface area contributed by atoms with Gasteiger partial charge >= 0.3 is 12.0 Å². The predicted molar refractivity (Wildman–Crippen MR) is 122 cm³/mol. The fourth-order valence-electron chi connectivity index (χ4n) is 4.16. The smallest absolute Gasteiger partial charge is 0.341 e. The Kier molecular flexibility index (Phi) is 6.27. The number of nitrogens with one attached hydrogen (secondary N) is 1. The van der Waals surface area contributed by atoms with Gasteiger partial charge in [-0.05, 0) is 39.7 Å². The predicted octanol–water partition coefficient (Wildman–Crippen LogP) is 3.63. The Balaban J connectivity index is 1.72. The number of hydrogen-bond donors (Lipinski definition) is 1. The van der Waals surface area contributed by atoms with Crippen LogP contribution in [-0.4, -0.2) is 44.4 Å². The molecule has 4 rings (SSSR count). The number of ether oxygens (including phenoxy) is 2. The third kappa shape index (κ3) is 4.12. The number of carbonyl (C=O) groups excluding carboxylic acids is 3. The highest BCUT2D eigenvalue weighted by Gasteiger charge is 2.41. The molecule has 166 valence electrons. The zero-order chi connectivity index (χ0) is 22.8. The molecule has 3 amide bonds. The van der Waals surface area contributed by atoms with E-state index in [-0.39, 0.29) is 30.7 Å². The summed E-state index contributed by atoms with van der Waals surface area (Å²) in [6, 6.07) is 12.2. The van der Waals surface area contributed by atoms with E-state index in [4.69, 9.17) is 4.74 Å². The summed E-state index contributed by atoms with van der Waals surface area (Å²) < 4.78 is 10.7. The SMILES string of the molecule is COC(=O)CCC(=O)N1CC2C(=NC(=O)NC2c2ccc(OC)c(Br)c2)c2ccccc21. The monoisotopic (exact) mass is 499 g/mol. The van der Waals surface area contributed by atoms with E-state index in [0.717, 1.165) is 15.6 Å².